The van der Waals surface area contributed by atoms with E-state index in [1.54, 1.807) is 0 Å². The number of nitrogens with zero attached hydrogens (tertiary/aromatic N) is 2. The van der Waals surface area contributed by atoms with Crippen molar-refractivity contribution < 1.29 is 4.74 Å². The molecule has 1 heterocycles. The smallest absolute Gasteiger partial charge is 0.0945 e. The molecule has 118 valence electrons. The predicted molar refractivity (Wildman–Crippen MR) is 84.2 cm³/mol. The second-order valence-electron chi connectivity index (χ2n) is 6.63. The predicted octanol–water partition coefficient (Wildman–Crippen LogP) is 2.99. The molecule has 0 bridgehead atoms. The van der Waals surface area contributed by atoms with Gasteiger partial charge in [-0.25, -0.2) is 4.98 Å². The minimum Gasteiger partial charge on any atom is -0.378 e. The van der Waals surface area contributed by atoms with Crippen molar-refractivity contribution in [1.82, 2.24) is 14.9 Å². The standard InChI is InChI=1S/C17H29N3O/c1-2-21-16-13-15(17(16)7-4-3-5-8-17)19-9-6-11-20-12-10-18-14-20/h10,12,14-16,19H,2-9,11,13H2,1H3. The van der Waals surface area contributed by atoms with Crippen LogP contribution in [-0.2, 0) is 11.3 Å². The van der Waals surface area contributed by atoms with Crippen LogP contribution in [0.1, 0.15) is 51.9 Å². The maximum absolute atomic E-state index is 6.01. The van der Waals surface area contributed by atoms with Gasteiger partial charge in [0.1, 0.15) is 0 Å². The molecule has 0 saturated heterocycles. The van der Waals surface area contributed by atoms with Crippen LogP contribution in [0.25, 0.3) is 0 Å². The molecule has 0 aromatic carbocycles. The molecule has 4 heteroatoms. The lowest BCUT2D eigenvalue weighted by Gasteiger charge is -2.58. The van der Waals surface area contributed by atoms with E-state index in [1.807, 2.05) is 18.7 Å². The van der Waals surface area contributed by atoms with Crippen LogP contribution < -0.4 is 5.32 Å². The normalized spacial score (nSPS) is 27.7. The van der Waals surface area contributed by atoms with Gasteiger partial charge >= 0.3 is 0 Å². The number of rotatable bonds is 7. The van der Waals surface area contributed by atoms with Gasteiger partial charge in [0.05, 0.1) is 12.4 Å². The topological polar surface area (TPSA) is 39.1 Å². The third-order valence-electron chi connectivity index (χ3n) is 5.48. The maximum Gasteiger partial charge on any atom is 0.0945 e. The largest absolute Gasteiger partial charge is 0.378 e. The fourth-order valence-corrected chi connectivity index (χ4v) is 4.31. The van der Waals surface area contributed by atoms with Gasteiger partial charge in [0.25, 0.3) is 0 Å². The lowest BCUT2D eigenvalue weighted by Crippen LogP contribution is -2.64. The molecule has 2 aliphatic rings. The van der Waals surface area contributed by atoms with Crippen molar-refractivity contribution in [3.05, 3.63) is 18.7 Å². The zero-order chi connectivity index (χ0) is 14.5. The zero-order valence-corrected chi connectivity index (χ0v) is 13.3. The average Bonchev–Trinajstić information content (AvgIpc) is 3.03. The summed E-state index contributed by atoms with van der Waals surface area (Å²) < 4.78 is 8.17. The molecule has 1 N–H and O–H groups in total. The van der Waals surface area contributed by atoms with Crippen LogP contribution in [0.4, 0.5) is 0 Å². The number of nitrogens with one attached hydrogen (secondary N) is 1. The Labute approximate surface area is 128 Å². The Bertz CT molecular complexity index is 412. The fourth-order valence-electron chi connectivity index (χ4n) is 4.31. The number of imidazole rings is 1. The van der Waals surface area contributed by atoms with Gasteiger partial charge in [0.15, 0.2) is 0 Å². The molecule has 2 saturated carbocycles. The number of hydrogen-bond donors (Lipinski definition) is 1. The molecule has 1 aromatic rings. The quantitative estimate of drug-likeness (QED) is 0.785. The fraction of sp³-hybridized carbons (Fsp3) is 0.824. The third-order valence-corrected chi connectivity index (χ3v) is 5.48. The van der Waals surface area contributed by atoms with Crippen LogP contribution in [0, 0.1) is 5.41 Å². The van der Waals surface area contributed by atoms with Gasteiger partial charge in [0.2, 0.25) is 0 Å². The molecule has 0 aliphatic heterocycles. The van der Waals surface area contributed by atoms with Crippen molar-refractivity contribution in [1.29, 1.82) is 0 Å². The summed E-state index contributed by atoms with van der Waals surface area (Å²) in [5.74, 6) is 0. The van der Waals surface area contributed by atoms with Crippen LogP contribution in [0.15, 0.2) is 18.7 Å². The van der Waals surface area contributed by atoms with Crippen LogP contribution in [0.5, 0.6) is 0 Å². The third kappa shape index (κ3) is 3.16. The molecule has 1 spiro atoms. The molecular weight excluding hydrogens is 262 g/mol. The van der Waals surface area contributed by atoms with Crippen molar-refractivity contribution in [2.24, 2.45) is 5.41 Å². The Hall–Kier alpha value is -0.870. The Morgan fingerprint density at radius 2 is 2.19 bits per heavy atom. The van der Waals surface area contributed by atoms with Crippen LogP contribution in [0.3, 0.4) is 0 Å². The molecule has 2 atom stereocenters. The molecular formula is C17H29N3O. The molecule has 3 rings (SSSR count). The van der Waals surface area contributed by atoms with Gasteiger partial charge in [-0.3, -0.25) is 0 Å². The first kappa shape index (κ1) is 15.0. The summed E-state index contributed by atoms with van der Waals surface area (Å²) in [6.45, 7) is 5.15. The van der Waals surface area contributed by atoms with E-state index in [2.05, 4.69) is 21.8 Å². The van der Waals surface area contributed by atoms with Crippen molar-refractivity contribution in [3.8, 4) is 0 Å². The lowest BCUT2D eigenvalue weighted by molar-refractivity contribution is -0.149. The van der Waals surface area contributed by atoms with E-state index < -0.39 is 0 Å². The minimum atomic E-state index is 0.448. The second kappa shape index (κ2) is 6.93. The highest BCUT2D eigenvalue weighted by Crippen LogP contribution is 2.53. The minimum absolute atomic E-state index is 0.448. The molecule has 0 amide bonds. The number of ether oxygens (including phenoxy) is 1. The van der Waals surface area contributed by atoms with Crippen molar-refractivity contribution in [2.45, 2.75) is 70.6 Å². The van der Waals surface area contributed by atoms with E-state index in [0.717, 1.165) is 19.7 Å². The van der Waals surface area contributed by atoms with Gasteiger partial charge in [-0.1, -0.05) is 19.3 Å². The Morgan fingerprint density at radius 3 is 2.90 bits per heavy atom. The van der Waals surface area contributed by atoms with Crippen molar-refractivity contribution in [3.63, 3.8) is 0 Å². The van der Waals surface area contributed by atoms with E-state index in [0.29, 0.717) is 17.6 Å². The van der Waals surface area contributed by atoms with E-state index in [9.17, 15) is 0 Å². The molecule has 21 heavy (non-hydrogen) atoms. The van der Waals surface area contributed by atoms with Crippen molar-refractivity contribution >= 4 is 0 Å². The van der Waals surface area contributed by atoms with Gasteiger partial charge in [0, 0.05) is 37.0 Å². The molecule has 4 nitrogen and oxygen atoms in total. The first-order valence-corrected chi connectivity index (χ1v) is 8.66. The molecule has 1 aromatic heterocycles. The summed E-state index contributed by atoms with van der Waals surface area (Å²) in [6, 6.07) is 0.678. The van der Waals surface area contributed by atoms with Gasteiger partial charge < -0.3 is 14.6 Å². The van der Waals surface area contributed by atoms with Gasteiger partial charge in [-0.2, -0.15) is 0 Å². The SMILES string of the molecule is CCOC1CC(NCCCn2ccnc2)C12CCCCC2. The molecule has 2 aliphatic carbocycles. The zero-order valence-electron chi connectivity index (χ0n) is 13.3. The summed E-state index contributed by atoms with van der Waals surface area (Å²) in [7, 11) is 0. The highest BCUT2D eigenvalue weighted by Gasteiger charge is 2.55. The highest BCUT2D eigenvalue weighted by molar-refractivity contribution is 5.08. The molecule has 2 unspecified atom stereocenters. The van der Waals surface area contributed by atoms with E-state index in [4.69, 9.17) is 4.74 Å². The average molecular weight is 291 g/mol. The molecule has 0 radical (unpaired) electrons. The highest BCUT2D eigenvalue weighted by atomic mass is 16.5. The monoisotopic (exact) mass is 291 g/mol. The van der Waals surface area contributed by atoms with E-state index >= 15 is 0 Å². The van der Waals surface area contributed by atoms with Crippen LogP contribution in [-0.4, -0.2) is 34.8 Å². The summed E-state index contributed by atoms with van der Waals surface area (Å²) >= 11 is 0. The number of hydrogen-bond acceptors (Lipinski definition) is 3. The summed E-state index contributed by atoms with van der Waals surface area (Å²) in [5, 5.41) is 3.82. The second-order valence-corrected chi connectivity index (χ2v) is 6.63. The Balaban J connectivity index is 1.46. The Kier molecular flexibility index (Phi) is 4.96. The lowest BCUT2D eigenvalue weighted by atomic mass is 9.55. The van der Waals surface area contributed by atoms with Crippen LogP contribution >= 0.6 is 0 Å². The summed E-state index contributed by atoms with van der Waals surface area (Å²) in [4.78, 5) is 4.09. The summed E-state index contributed by atoms with van der Waals surface area (Å²) in [5.41, 5.74) is 0.448. The first-order chi connectivity index (χ1) is 10.3. The summed E-state index contributed by atoms with van der Waals surface area (Å²) in [6.07, 6.45) is 15.6. The Morgan fingerprint density at radius 1 is 1.33 bits per heavy atom. The van der Waals surface area contributed by atoms with E-state index in [-0.39, 0.29) is 0 Å². The van der Waals surface area contributed by atoms with Gasteiger partial charge in [-0.15, -0.1) is 0 Å². The maximum atomic E-state index is 6.01. The first-order valence-electron chi connectivity index (χ1n) is 8.66. The number of aryl methyl sites for hydroxylation is 1. The number of aromatic nitrogens is 2. The van der Waals surface area contributed by atoms with Crippen LogP contribution in [0.2, 0.25) is 0 Å². The van der Waals surface area contributed by atoms with E-state index in [1.165, 1.54) is 44.9 Å². The molecule has 2 fully saturated rings. The van der Waals surface area contributed by atoms with Gasteiger partial charge in [-0.05, 0) is 39.2 Å². The van der Waals surface area contributed by atoms with Crippen molar-refractivity contribution in [2.75, 3.05) is 13.2 Å².